The maximum atomic E-state index is 12.3. The van der Waals surface area contributed by atoms with Crippen molar-refractivity contribution in [3.05, 3.63) is 45.7 Å². The maximum absolute atomic E-state index is 12.3. The molecule has 0 spiro atoms. The molecule has 4 nitrogen and oxygen atoms in total. The summed E-state index contributed by atoms with van der Waals surface area (Å²) < 4.78 is 0. The number of aromatic nitrogens is 1. The predicted molar refractivity (Wildman–Crippen MR) is 92.6 cm³/mol. The highest BCUT2D eigenvalue weighted by Gasteiger charge is 2.20. The van der Waals surface area contributed by atoms with E-state index in [1.807, 2.05) is 36.1 Å². The standard InChI is InChI=1S/C19H24N2O2/c1-13-4-3-9-21(12-13)18(22)8-6-15-5-7-16-10-14(2)19(23)20-17(16)11-15/h5,7,10-11,13H,3-4,6,8-9,12H2,1-2H3,(H,20,23). The number of nitrogens with one attached hydrogen (secondary N) is 1. The Hall–Kier alpha value is -2.10. The van der Waals surface area contributed by atoms with Crippen molar-refractivity contribution in [1.82, 2.24) is 9.88 Å². The van der Waals surface area contributed by atoms with Crippen LogP contribution in [0.2, 0.25) is 0 Å². The Kier molecular flexibility index (Phi) is 4.51. The molecule has 1 aromatic carbocycles. The van der Waals surface area contributed by atoms with Gasteiger partial charge in [-0.1, -0.05) is 19.1 Å². The number of aromatic amines is 1. The van der Waals surface area contributed by atoms with E-state index in [4.69, 9.17) is 0 Å². The Morgan fingerprint density at radius 3 is 2.96 bits per heavy atom. The minimum absolute atomic E-state index is 0.0481. The molecule has 4 heteroatoms. The van der Waals surface area contributed by atoms with Crippen molar-refractivity contribution in [2.24, 2.45) is 5.92 Å². The van der Waals surface area contributed by atoms with E-state index >= 15 is 0 Å². The first-order valence-electron chi connectivity index (χ1n) is 8.43. The summed E-state index contributed by atoms with van der Waals surface area (Å²) >= 11 is 0. The Labute approximate surface area is 136 Å². The van der Waals surface area contributed by atoms with Gasteiger partial charge in [0.2, 0.25) is 5.91 Å². The number of piperidine rings is 1. The van der Waals surface area contributed by atoms with Gasteiger partial charge < -0.3 is 9.88 Å². The number of hydrogen-bond acceptors (Lipinski definition) is 2. The summed E-state index contributed by atoms with van der Waals surface area (Å²) in [7, 11) is 0. The van der Waals surface area contributed by atoms with Crippen LogP contribution < -0.4 is 5.56 Å². The van der Waals surface area contributed by atoms with Crippen LogP contribution in [0.4, 0.5) is 0 Å². The van der Waals surface area contributed by atoms with Gasteiger partial charge in [0.1, 0.15) is 0 Å². The van der Waals surface area contributed by atoms with Gasteiger partial charge in [-0.15, -0.1) is 0 Å². The molecule has 1 unspecified atom stereocenters. The molecule has 1 aliphatic rings. The van der Waals surface area contributed by atoms with Crippen LogP contribution in [0.1, 0.15) is 37.3 Å². The Balaban J connectivity index is 1.68. The van der Waals surface area contributed by atoms with Crippen LogP contribution in [-0.4, -0.2) is 28.9 Å². The zero-order valence-corrected chi connectivity index (χ0v) is 13.9. The molecule has 1 amide bonds. The average Bonchev–Trinajstić information content (AvgIpc) is 2.53. The molecule has 0 radical (unpaired) electrons. The van der Waals surface area contributed by atoms with Crippen molar-refractivity contribution >= 4 is 16.8 Å². The van der Waals surface area contributed by atoms with Crippen LogP contribution >= 0.6 is 0 Å². The largest absolute Gasteiger partial charge is 0.342 e. The van der Waals surface area contributed by atoms with Crippen molar-refractivity contribution in [3.8, 4) is 0 Å². The molecule has 1 N–H and O–H groups in total. The van der Waals surface area contributed by atoms with Gasteiger partial charge in [-0.3, -0.25) is 9.59 Å². The number of aryl methyl sites for hydroxylation is 2. The molecule has 0 saturated carbocycles. The summed E-state index contributed by atoms with van der Waals surface area (Å²) in [5.41, 5.74) is 2.61. The van der Waals surface area contributed by atoms with E-state index < -0.39 is 0 Å². The number of fused-ring (bicyclic) bond motifs is 1. The molecule has 1 fully saturated rings. The first kappa shape index (κ1) is 15.8. The second-order valence-electron chi connectivity index (χ2n) is 6.79. The smallest absolute Gasteiger partial charge is 0.251 e. The van der Waals surface area contributed by atoms with E-state index in [1.165, 1.54) is 6.42 Å². The van der Waals surface area contributed by atoms with Crippen LogP contribution in [0.5, 0.6) is 0 Å². The van der Waals surface area contributed by atoms with Gasteiger partial charge in [0.15, 0.2) is 0 Å². The average molecular weight is 312 g/mol. The van der Waals surface area contributed by atoms with Gasteiger partial charge in [-0.25, -0.2) is 0 Å². The Morgan fingerprint density at radius 2 is 2.17 bits per heavy atom. The zero-order valence-electron chi connectivity index (χ0n) is 13.9. The summed E-state index contributed by atoms with van der Waals surface area (Å²) in [5.74, 6) is 0.857. The molecule has 2 aromatic rings. The lowest BCUT2D eigenvalue weighted by molar-refractivity contribution is -0.132. The third-order valence-corrected chi connectivity index (χ3v) is 4.73. The first-order chi connectivity index (χ1) is 11.0. The molecule has 3 rings (SSSR count). The third-order valence-electron chi connectivity index (χ3n) is 4.73. The second-order valence-corrected chi connectivity index (χ2v) is 6.79. The fraction of sp³-hybridized carbons (Fsp3) is 0.474. The number of carbonyl (C=O) groups excluding carboxylic acids is 1. The molecule has 1 atom stereocenters. The number of nitrogens with zero attached hydrogens (tertiary/aromatic N) is 1. The molecule has 1 saturated heterocycles. The predicted octanol–water partition coefficient (Wildman–Crippen LogP) is 3.03. The molecule has 122 valence electrons. The van der Waals surface area contributed by atoms with Gasteiger partial charge in [0.25, 0.3) is 5.56 Å². The summed E-state index contributed by atoms with van der Waals surface area (Å²) in [6.07, 6.45) is 3.59. The van der Waals surface area contributed by atoms with E-state index in [-0.39, 0.29) is 11.5 Å². The number of H-pyrrole nitrogens is 1. The number of pyridine rings is 1. The highest BCUT2D eigenvalue weighted by Crippen LogP contribution is 2.18. The van der Waals surface area contributed by atoms with Crippen LogP contribution in [0.15, 0.2) is 29.1 Å². The van der Waals surface area contributed by atoms with Gasteiger partial charge in [0.05, 0.1) is 0 Å². The molecule has 0 aliphatic carbocycles. The van der Waals surface area contributed by atoms with E-state index in [1.54, 1.807) is 0 Å². The van der Waals surface area contributed by atoms with Crippen LogP contribution in [0.25, 0.3) is 10.9 Å². The van der Waals surface area contributed by atoms with Gasteiger partial charge >= 0.3 is 0 Å². The second kappa shape index (κ2) is 6.57. The van der Waals surface area contributed by atoms with Crippen molar-refractivity contribution in [3.63, 3.8) is 0 Å². The van der Waals surface area contributed by atoms with Crippen LogP contribution in [0.3, 0.4) is 0 Å². The number of likely N-dealkylation sites (tertiary alicyclic amines) is 1. The highest BCUT2D eigenvalue weighted by molar-refractivity contribution is 5.80. The Bertz CT molecular complexity index is 779. The van der Waals surface area contributed by atoms with Crippen LogP contribution in [0, 0.1) is 12.8 Å². The Morgan fingerprint density at radius 1 is 1.35 bits per heavy atom. The lowest BCUT2D eigenvalue weighted by Crippen LogP contribution is -2.39. The third kappa shape index (κ3) is 3.63. The number of hydrogen-bond donors (Lipinski definition) is 1. The maximum Gasteiger partial charge on any atom is 0.251 e. The number of benzene rings is 1. The molecule has 1 aromatic heterocycles. The molecule has 0 bridgehead atoms. The van der Waals surface area contributed by atoms with Crippen molar-refractivity contribution < 1.29 is 4.79 Å². The van der Waals surface area contributed by atoms with Crippen molar-refractivity contribution in [2.75, 3.05) is 13.1 Å². The van der Waals surface area contributed by atoms with Gasteiger partial charge in [-0.05, 0) is 55.2 Å². The summed E-state index contributed by atoms with van der Waals surface area (Å²) in [6.45, 7) is 5.81. The zero-order chi connectivity index (χ0) is 16.4. The topological polar surface area (TPSA) is 53.2 Å². The minimum Gasteiger partial charge on any atom is -0.342 e. The number of carbonyl (C=O) groups is 1. The van der Waals surface area contributed by atoms with Crippen molar-refractivity contribution in [2.45, 2.75) is 39.5 Å². The van der Waals surface area contributed by atoms with E-state index in [0.29, 0.717) is 12.3 Å². The monoisotopic (exact) mass is 312 g/mol. The van der Waals surface area contributed by atoms with E-state index in [9.17, 15) is 9.59 Å². The van der Waals surface area contributed by atoms with Gasteiger partial charge in [-0.2, -0.15) is 0 Å². The fourth-order valence-corrected chi connectivity index (χ4v) is 3.34. The van der Waals surface area contributed by atoms with E-state index in [0.717, 1.165) is 48.0 Å². The van der Waals surface area contributed by atoms with Crippen molar-refractivity contribution in [1.29, 1.82) is 0 Å². The summed E-state index contributed by atoms with van der Waals surface area (Å²) in [6, 6.07) is 7.95. The minimum atomic E-state index is -0.0481. The molecular formula is C19H24N2O2. The lowest BCUT2D eigenvalue weighted by atomic mass is 9.99. The van der Waals surface area contributed by atoms with E-state index in [2.05, 4.69) is 11.9 Å². The number of rotatable bonds is 3. The summed E-state index contributed by atoms with van der Waals surface area (Å²) in [5, 5.41) is 1.03. The molecular weight excluding hydrogens is 288 g/mol. The molecule has 23 heavy (non-hydrogen) atoms. The normalized spacial score (nSPS) is 18.3. The van der Waals surface area contributed by atoms with Crippen LogP contribution in [-0.2, 0) is 11.2 Å². The lowest BCUT2D eigenvalue weighted by Gasteiger charge is -2.31. The SMILES string of the molecule is Cc1cc2ccc(CCC(=O)N3CCCC(C)C3)cc2[nH]c1=O. The fourth-order valence-electron chi connectivity index (χ4n) is 3.34. The van der Waals surface area contributed by atoms with Gasteiger partial charge in [0, 0.05) is 30.6 Å². The number of amides is 1. The molecule has 2 heterocycles. The quantitative estimate of drug-likeness (QED) is 0.947. The first-order valence-corrected chi connectivity index (χ1v) is 8.43. The molecule has 1 aliphatic heterocycles. The summed E-state index contributed by atoms with van der Waals surface area (Å²) in [4.78, 5) is 29.0. The highest BCUT2D eigenvalue weighted by atomic mass is 16.2.